The number of nitrogens with two attached hydrogens (primary N) is 1. The molecular weight excluding hydrogens is 436 g/mol. The van der Waals surface area contributed by atoms with Crippen molar-refractivity contribution in [2.75, 3.05) is 6.54 Å². The molecule has 5 heteroatoms. The number of hydrogen-bond acceptors (Lipinski definition) is 4. The van der Waals surface area contributed by atoms with Crippen LogP contribution in [0.25, 0.3) is 0 Å². The standard InChI is InChI=1S/C30H52N2O3/c1-2-3-4-5-6-7-8-9-10-11-12-13-14-15-16-20-25-32-30(34)28(31)23-24-29(33)35-26-27-21-18-17-19-22-27/h17-19,21-22,28H,2-16,20,23-26,31H2,1H3,(H,32,34). The van der Waals surface area contributed by atoms with E-state index in [0.717, 1.165) is 18.4 Å². The predicted octanol–water partition coefficient (Wildman–Crippen LogP) is 7.22. The van der Waals surface area contributed by atoms with Crippen molar-refractivity contribution in [1.82, 2.24) is 5.32 Å². The summed E-state index contributed by atoms with van der Waals surface area (Å²) in [5.74, 6) is -0.503. The summed E-state index contributed by atoms with van der Waals surface area (Å²) in [5, 5.41) is 2.90. The highest BCUT2D eigenvalue weighted by molar-refractivity contribution is 5.82. The molecule has 1 aromatic rings. The number of esters is 1. The molecule has 0 spiro atoms. The summed E-state index contributed by atoms with van der Waals surface area (Å²) >= 11 is 0. The van der Waals surface area contributed by atoms with Gasteiger partial charge in [-0.05, 0) is 18.4 Å². The van der Waals surface area contributed by atoms with Crippen molar-refractivity contribution in [3.05, 3.63) is 35.9 Å². The molecule has 1 unspecified atom stereocenters. The quantitative estimate of drug-likeness (QED) is 0.126. The van der Waals surface area contributed by atoms with Crippen LogP contribution in [-0.2, 0) is 20.9 Å². The number of rotatable bonds is 23. The lowest BCUT2D eigenvalue weighted by molar-refractivity contribution is -0.145. The van der Waals surface area contributed by atoms with E-state index in [0.29, 0.717) is 13.0 Å². The first-order valence-electron chi connectivity index (χ1n) is 14.4. The second kappa shape index (κ2) is 22.6. The summed E-state index contributed by atoms with van der Waals surface area (Å²) in [6, 6.07) is 8.88. The summed E-state index contributed by atoms with van der Waals surface area (Å²) < 4.78 is 5.23. The van der Waals surface area contributed by atoms with Crippen LogP contribution in [0.15, 0.2) is 30.3 Å². The third-order valence-electron chi connectivity index (χ3n) is 6.57. The van der Waals surface area contributed by atoms with Gasteiger partial charge in [-0.2, -0.15) is 0 Å². The average molecular weight is 489 g/mol. The monoisotopic (exact) mass is 488 g/mol. The van der Waals surface area contributed by atoms with Crippen molar-refractivity contribution in [2.24, 2.45) is 5.73 Å². The number of ether oxygens (including phenoxy) is 1. The zero-order valence-corrected chi connectivity index (χ0v) is 22.4. The van der Waals surface area contributed by atoms with Crippen LogP contribution in [0.1, 0.15) is 128 Å². The minimum atomic E-state index is -0.666. The molecule has 0 saturated heterocycles. The second-order valence-electron chi connectivity index (χ2n) is 9.89. The number of hydrogen-bond donors (Lipinski definition) is 2. The average Bonchev–Trinajstić information content (AvgIpc) is 2.88. The fourth-order valence-corrected chi connectivity index (χ4v) is 4.23. The van der Waals surface area contributed by atoms with Gasteiger partial charge in [-0.25, -0.2) is 0 Å². The van der Waals surface area contributed by atoms with Crippen molar-refractivity contribution in [2.45, 2.75) is 135 Å². The van der Waals surface area contributed by atoms with Gasteiger partial charge in [0.25, 0.3) is 0 Å². The number of unbranched alkanes of at least 4 members (excludes halogenated alkanes) is 15. The van der Waals surface area contributed by atoms with E-state index in [-0.39, 0.29) is 24.9 Å². The van der Waals surface area contributed by atoms with Crippen LogP contribution in [-0.4, -0.2) is 24.5 Å². The molecule has 0 fully saturated rings. The van der Waals surface area contributed by atoms with Gasteiger partial charge >= 0.3 is 5.97 Å². The second-order valence-corrected chi connectivity index (χ2v) is 9.89. The zero-order valence-electron chi connectivity index (χ0n) is 22.4. The number of amides is 1. The molecule has 0 bridgehead atoms. The maximum Gasteiger partial charge on any atom is 0.306 e. The smallest absolute Gasteiger partial charge is 0.306 e. The highest BCUT2D eigenvalue weighted by atomic mass is 16.5. The summed E-state index contributed by atoms with van der Waals surface area (Å²) in [6.07, 6.45) is 21.8. The van der Waals surface area contributed by atoms with E-state index in [1.807, 2.05) is 30.3 Å². The lowest BCUT2D eigenvalue weighted by atomic mass is 10.0. The van der Waals surface area contributed by atoms with Crippen molar-refractivity contribution >= 4 is 11.9 Å². The fraction of sp³-hybridized carbons (Fsp3) is 0.733. The molecule has 5 nitrogen and oxygen atoms in total. The van der Waals surface area contributed by atoms with Crippen LogP contribution in [0, 0.1) is 0 Å². The van der Waals surface area contributed by atoms with Crippen LogP contribution in [0.3, 0.4) is 0 Å². The lowest BCUT2D eigenvalue weighted by Gasteiger charge is -2.12. The molecule has 1 atom stereocenters. The first-order chi connectivity index (χ1) is 17.1. The molecule has 1 amide bonds. The molecule has 0 aromatic heterocycles. The Kier molecular flexibility index (Phi) is 20.1. The van der Waals surface area contributed by atoms with E-state index < -0.39 is 6.04 Å². The Morgan fingerprint density at radius 2 is 1.26 bits per heavy atom. The van der Waals surface area contributed by atoms with Gasteiger partial charge in [0.05, 0.1) is 6.04 Å². The summed E-state index contributed by atoms with van der Waals surface area (Å²) in [5.41, 5.74) is 6.87. The number of nitrogens with one attached hydrogen (secondary N) is 1. The summed E-state index contributed by atoms with van der Waals surface area (Å²) in [6.45, 7) is 3.18. The minimum absolute atomic E-state index is 0.153. The maximum absolute atomic E-state index is 12.1. The van der Waals surface area contributed by atoms with Gasteiger partial charge in [0, 0.05) is 13.0 Å². The Bertz CT molecular complexity index is 636. The van der Waals surface area contributed by atoms with Gasteiger partial charge in [0.2, 0.25) is 5.91 Å². The normalized spacial score (nSPS) is 11.8. The van der Waals surface area contributed by atoms with Crippen LogP contribution in [0.5, 0.6) is 0 Å². The highest BCUT2D eigenvalue weighted by Crippen LogP contribution is 2.13. The third-order valence-corrected chi connectivity index (χ3v) is 6.57. The van der Waals surface area contributed by atoms with Gasteiger partial charge in [-0.15, -0.1) is 0 Å². The minimum Gasteiger partial charge on any atom is -0.461 e. The molecule has 1 aromatic carbocycles. The lowest BCUT2D eigenvalue weighted by Crippen LogP contribution is -2.41. The van der Waals surface area contributed by atoms with Gasteiger partial charge < -0.3 is 15.8 Å². The van der Waals surface area contributed by atoms with E-state index in [2.05, 4.69) is 12.2 Å². The Morgan fingerprint density at radius 3 is 1.77 bits per heavy atom. The Hall–Kier alpha value is -1.88. The maximum atomic E-state index is 12.1. The Morgan fingerprint density at radius 1 is 0.771 bits per heavy atom. The van der Waals surface area contributed by atoms with Crippen LogP contribution >= 0.6 is 0 Å². The SMILES string of the molecule is CCCCCCCCCCCCCCCCCCNC(=O)C(N)CCC(=O)OCc1ccccc1. The van der Waals surface area contributed by atoms with Gasteiger partial charge in [0.1, 0.15) is 6.61 Å². The van der Waals surface area contributed by atoms with Crippen molar-refractivity contribution < 1.29 is 14.3 Å². The highest BCUT2D eigenvalue weighted by Gasteiger charge is 2.15. The molecule has 0 saturated carbocycles. The van der Waals surface area contributed by atoms with Gasteiger partial charge in [-0.1, -0.05) is 134 Å². The van der Waals surface area contributed by atoms with Crippen molar-refractivity contribution in [1.29, 1.82) is 0 Å². The summed E-state index contributed by atoms with van der Waals surface area (Å²) in [7, 11) is 0. The van der Waals surface area contributed by atoms with E-state index >= 15 is 0 Å². The van der Waals surface area contributed by atoms with Crippen molar-refractivity contribution in [3.63, 3.8) is 0 Å². The largest absolute Gasteiger partial charge is 0.461 e. The molecule has 0 radical (unpaired) electrons. The topological polar surface area (TPSA) is 81.4 Å². The molecule has 0 aliphatic carbocycles. The number of benzene rings is 1. The first-order valence-corrected chi connectivity index (χ1v) is 14.4. The molecule has 0 aliphatic rings. The van der Waals surface area contributed by atoms with Crippen molar-refractivity contribution in [3.8, 4) is 0 Å². The molecule has 35 heavy (non-hydrogen) atoms. The molecular formula is C30H52N2O3. The zero-order chi connectivity index (χ0) is 25.4. The van der Waals surface area contributed by atoms with E-state index in [1.54, 1.807) is 0 Å². The predicted molar refractivity (Wildman–Crippen MR) is 146 cm³/mol. The fourth-order valence-electron chi connectivity index (χ4n) is 4.23. The third kappa shape index (κ3) is 19.0. The van der Waals surface area contributed by atoms with Gasteiger partial charge in [-0.3, -0.25) is 9.59 Å². The Labute approximate surface area is 215 Å². The van der Waals surface area contributed by atoms with Crippen LogP contribution in [0.4, 0.5) is 0 Å². The molecule has 1 rings (SSSR count). The van der Waals surface area contributed by atoms with E-state index in [4.69, 9.17) is 10.5 Å². The van der Waals surface area contributed by atoms with E-state index in [1.165, 1.54) is 89.9 Å². The molecule has 200 valence electrons. The molecule has 0 heterocycles. The molecule has 0 aliphatic heterocycles. The summed E-state index contributed by atoms with van der Waals surface area (Å²) in [4.78, 5) is 24.0. The number of carbonyl (C=O) groups is 2. The van der Waals surface area contributed by atoms with E-state index in [9.17, 15) is 9.59 Å². The van der Waals surface area contributed by atoms with Crippen LogP contribution < -0.4 is 11.1 Å². The van der Waals surface area contributed by atoms with Gasteiger partial charge in [0.15, 0.2) is 0 Å². The molecule has 3 N–H and O–H groups in total. The Balaban J connectivity index is 1.85. The van der Waals surface area contributed by atoms with Crippen LogP contribution in [0.2, 0.25) is 0 Å². The number of carbonyl (C=O) groups excluding carboxylic acids is 2. The first kappa shape index (κ1) is 31.2.